The Morgan fingerprint density at radius 1 is 1.31 bits per heavy atom. The number of pyridine rings is 1. The predicted molar refractivity (Wildman–Crippen MR) is 72.7 cm³/mol. The van der Waals surface area contributed by atoms with Crippen LogP contribution in [0, 0.1) is 6.92 Å². The summed E-state index contributed by atoms with van der Waals surface area (Å²) in [4.78, 5) is 4.49. The molecule has 84 valence electrons. The van der Waals surface area contributed by atoms with Gasteiger partial charge in [0.1, 0.15) is 5.82 Å². The summed E-state index contributed by atoms with van der Waals surface area (Å²) in [6.45, 7) is 6.31. The third kappa shape index (κ3) is 1.80. The van der Waals surface area contributed by atoms with E-state index in [9.17, 15) is 0 Å². The second-order valence-electron chi connectivity index (χ2n) is 4.39. The Kier molecular flexibility index (Phi) is 2.89. The van der Waals surface area contributed by atoms with Crippen molar-refractivity contribution >= 4 is 32.7 Å². The fourth-order valence-electron chi connectivity index (χ4n) is 1.80. The van der Waals surface area contributed by atoms with Crippen LogP contribution < -0.4 is 5.73 Å². The van der Waals surface area contributed by atoms with E-state index in [4.69, 9.17) is 5.73 Å². The first kappa shape index (κ1) is 11.4. The number of nitrogens with two attached hydrogens (primary N) is 1. The highest BCUT2D eigenvalue weighted by Gasteiger charge is 2.10. The van der Waals surface area contributed by atoms with E-state index in [0.29, 0.717) is 11.7 Å². The zero-order valence-electron chi connectivity index (χ0n) is 9.71. The molecule has 0 aliphatic carbocycles. The Morgan fingerprint density at radius 3 is 2.62 bits per heavy atom. The van der Waals surface area contributed by atoms with E-state index in [1.165, 1.54) is 5.56 Å². The Morgan fingerprint density at radius 2 is 2.00 bits per heavy atom. The van der Waals surface area contributed by atoms with Gasteiger partial charge in [-0.2, -0.15) is 0 Å². The van der Waals surface area contributed by atoms with Crippen LogP contribution in [0.2, 0.25) is 0 Å². The Hall–Kier alpha value is -1.09. The number of nitrogen functional groups attached to an aromatic ring is 1. The lowest BCUT2D eigenvalue weighted by atomic mass is 10.0. The van der Waals surface area contributed by atoms with Gasteiger partial charge in [-0.1, -0.05) is 26.0 Å². The number of benzene rings is 1. The molecule has 2 aromatic rings. The molecule has 0 unspecified atom stereocenters. The maximum absolute atomic E-state index is 5.97. The normalized spacial score (nSPS) is 11.3. The highest BCUT2D eigenvalue weighted by molar-refractivity contribution is 9.10. The molecule has 1 heterocycles. The minimum Gasteiger partial charge on any atom is -0.383 e. The lowest BCUT2D eigenvalue weighted by Gasteiger charge is -2.11. The van der Waals surface area contributed by atoms with Crippen molar-refractivity contribution in [2.45, 2.75) is 26.7 Å². The number of rotatable bonds is 1. The lowest BCUT2D eigenvalue weighted by molar-refractivity contribution is 0.866. The summed E-state index contributed by atoms with van der Waals surface area (Å²) < 4.78 is 1.03. The van der Waals surface area contributed by atoms with Crippen molar-refractivity contribution in [3.63, 3.8) is 0 Å². The molecule has 3 heteroatoms. The SMILES string of the molecule is Cc1ccc2cc(C(C)C)c(N)nc2c1Br. The van der Waals surface area contributed by atoms with E-state index in [0.717, 1.165) is 20.9 Å². The van der Waals surface area contributed by atoms with Crippen LogP contribution in [0.4, 0.5) is 5.82 Å². The number of aryl methyl sites for hydroxylation is 1. The average molecular weight is 279 g/mol. The molecule has 0 aliphatic heterocycles. The highest BCUT2D eigenvalue weighted by Crippen LogP contribution is 2.30. The van der Waals surface area contributed by atoms with Crippen LogP contribution in [0.25, 0.3) is 10.9 Å². The summed E-state index contributed by atoms with van der Waals surface area (Å²) in [5.41, 5.74) is 9.21. The van der Waals surface area contributed by atoms with Crippen molar-refractivity contribution in [3.05, 3.63) is 33.8 Å². The first-order valence-electron chi connectivity index (χ1n) is 5.36. The molecule has 0 aliphatic rings. The summed E-state index contributed by atoms with van der Waals surface area (Å²) in [6.07, 6.45) is 0. The zero-order chi connectivity index (χ0) is 11.9. The van der Waals surface area contributed by atoms with Gasteiger partial charge in [0.15, 0.2) is 0 Å². The van der Waals surface area contributed by atoms with Gasteiger partial charge >= 0.3 is 0 Å². The number of hydrogen-bond acceptors (Lipinski definition) is 2. The molecule has 0 fully saturated rings. The van der Waals surface area contributed by atoms with Gasteiger partial charge in [0.05, 0.1) is 5.52 Å². The first-order chi connectivity index (χ1) is 7.50. The zero-order valence-corrected chi connectivity index (χ0v) is 11.3. The van der Waals surface area contributed by atoms with E-state index in [1.54, 1.807) is 0 Å². The van der Waals surface area contributed by atoms with Gasteiger partial charge in [-0.15, -0.1) is 0 Å². The maximum Gasteiger partial charge on any atom is 0.127 e. The summed E-state index contributed by atoms with van der Waals surface area (Å²) >= 11 is 3.56. The van der Waals surface area contributed by atoms with Crippen LogP contribution in [0.5, 0.6) is 0 Å². The number of hydrogen-bond donors (Lipinski definition) is 1. The molecule has 2 rings (SSSR count). The van der Waals surface area contributed by atoms with Crippen molar-refractivity contribution in [1.82, 2.24) is 4.98 Å². The molecular weight excluding hydrogens is 264 g/mol. The molecule has 0 radical (unpaired) electrons. The van der Waals surface area contributed by atoms with E-state index in [-0.39, 0.29) is 0 Å². The molecule has 2 N–H and O–H groups in total. The van der Waals surface area contributed by atoms with Crippen LogP contribution >= 0.6 is 15.9 Å². The summed E-state index contributed by atoms with van der Waals surface area (Å²) in [7, 11) is 0. The van der Waals surface area contributed by atoms with Crippen molar-refractivity contribution in [3.8, 4) is 0 Å². The van der Waals surface area contributed by atoms with Crippen LogP contribution in [-0.4, -0.2) is 4.98 Å². The van der Waals surface area contributed by atoms with Gasteiger partial charge in [0.25, 0.3) is 0 Å². The van der Waals surface area contributed by atoms with Crippen molar-refractivity contribution < 1.29 is 0 Å². The van der Waals surface area contributed by atoms with Crippen molar-refractivity contribution in [2.24, 2.45) is 0 Å². The van der Waals surface area contributed by atoms with E-state index < -0.39 is 0 Å². The smallest absolute Gasteiger partial charge is 0.127 e. The molecule has 0 saturated carbocycles. The fourth-order valence-corrected chi connectivity index (χ4v) is 2.25. The Labute approximate surface area is 104 Å². The molecule has 0 amide bonds. The number of halogens is 1. The third-order valence-electron chi connectivity index (χ3n) is 2.80. The topological polar surface area (TPSA) is 38.9 Å². The van der Waals surface area contributed by atoms with Crippen LogP contribution in [0.15, 0.2) is 22.7 Å². The van der Waals surface area contributed by atoms with Gasteiger partial charge in [0.2, 0.25) is 0 Å². The summed E-state index contributed by atoms with van der Waals surface area (Å²) in [6, 6.07) is 6.31. The third-order valence-corrected chi connectivity index (χ3v) is 3.80. The van der Waals surface area contributed by atoms with Crippen molar-refractivity contribution in [2.75, 3.05) is 5.73 Å². The first-order valence-corrected chi connectivity index (χ1v) is 6.15. The second kappa shape index (κ2) is 4.06. The maximum atomic E-state index is 5.97. The van der Waals surface area contributed by atoms with Crippen molar-refractivity contribution in [1.29, 1.82) is 0 Å². The fraction of sp³-hybridized carbons (Fsp3) is 0.308. The average Bonchev–Trinajstić information content (AvgIpc) is 2.23. The number of nitrogens with zero attached hydrogens (tertiary/aromatic N) is 1. The van der Waals surface area contributed by atoms with Crippen LogP contribution in [0.1, 0.15) is 30.9 Å². The summed E-state index contributed by atoms with van der Waals surface area (Å²) in [5.74, 6) is 1.03. The predicted octanol–water partition coefficient (Wildman–Crippen LogP) is 4.01. The minimum atomic E-state index is 0.400. The number of aromatic nitrogens is 1. The van der Waals surface area contributed by atoms with Crippen LogP contribution in [-0.2, 0) is 0 Å². The highest BCUT2D eigenvalue weighted by atomic mass is 79.9. The van der Waals surface area contributed by atoms with E-state index >= 15 is 0 Å². The monoisotopic (exact) mass is 278 g/mol. The molecule has 0 saturated heterocycles. The van der Waals surface area contributed by atoms with Gasteiger partial charge in [-0.25, -0.2) is 4.98 Å². The van der Waals surface area contributed by atoms with Crippen LogP contribution in [0.3, 0.4) is 0 Å². The standard InChI is InChI=1S/C13H15BrN2/c1-7(2)10-6-9-5-4-8(3)11(14)12(9)16-13(10)15/h4-7H,1-3H3,(H2,15,16). The molecule has 16 heavy (non-hydrogen) atoms. The molecule has 0 atom stereocenters. The van der Waals surface area contributed by atoms with Gasteiger partial charge in [-0.05, 0) is 46.0 Å². The quantitative estimate of drug-likeness (QED) is 0.856. The lowest BCUT2D eigenvalue weighted by Crippen LogP contribution is -2.00. The van der Waals surface area contributed by atoms with E-state index in [2.05, 4.69) is 59.9 Å². The number of fused-ring (bicyclic) bond motifs is 1. The molecule has 1 aromatic carbocycles. The van der Waals surface area contributed by atoms with E-state index in [1.807, 2.05) is 0 Å². The minimum absolute atomic E-state index is 0.400. The molecule has 0 spiro atoms. The largest absolute Gasteiger partial charge is 0.383 e. The molecule has 1 aromatic heterocycles. The Balaban J connectivity index is 2.79. The second-order valence-corrected chi connectivity index (χ2v) is 5.18. The van der Waals surface area contributed by atoms with Gasteiger partial charge < -0.3 is 5.73 Å². The number of anilines is 1. The summed E-state index contributed by atoms with van der Waals surface area (Å²) in [5, 5.41) is 1.13. The Bertz CT molecular complexity index is 547. The van der Waals surface area contributed by atoms with Gasteiger partial charge in [-0.3, -0.25) is 0 Å². The van der Waals surface area contributed by atoms with Gasteiger partial charge in [0, 0.05) is 9.86 Å². The molecule has 0 bridgehead atoms. The molecular formula is C13H15BrN2. The molecule has 2 nitrogen and oxygen atoms in total.